The predicted octanol–water partition coefficient (Wildman–Crippen LogP) is 14.7. The molecule has 0 amide bonds. The Labute approximate surface area is 370 Å². The van der Waals surface area contributed by atoms with E-state index in [9.17, 15) is 79.4 Å². The maximum atomic E-state index is 15.8. The quantitative estimate of drug-likeness (QED) is 0.106. The molecule has 0 atom stereocenters. The van der Waals surface area contributed by atoms with Gasteiger partial charge < -0.3 is 18.4 Å². The third-order valence-corrected chi connectivity index (χ3v) is 12.2. The van der Waals surface area contributed by atoms with E-state index < -0.39 is 115 Å². The first-order chi connectivity index (χ1) is 30.3. The number of alkyl halides is 23. The summed E-state index contributed by atoms with van der Waals surface area (Å²) in [5, 5.41) is 0. The van der Waals surface area contributed by atoms with Crippen LogP contribution in [0.25, 0.3) is 0 Å². The van der Waals surface area contributed by atoms with Gasteiger partial charge in [-0.25, -0.2) is 4.79 Å². The number of rotatable bonds is 20. The highest BCUT2D eigenvalue weighted by Crippen LogP contribution is 2.72. The average molecular weight is 1050 g/mol. The van der Waals surface area contributed by atoms with Crippen molar-refractivity contribution in [2.75, 3.05) is 0 Å². The van der Waals surface area contributed by atoms with Crippen LogP contribution in [0.15, 0.2) is 87.5 Å². The third-order valence-electron chi connectivity index (χ3n) is 8.94. The maximum absolute atomic E-state index is 15.8. The second-order valence-corrected chi connectivity index (χ2v) is 17.8. The highest BCUT2D eigenvalue weighted by atomic mass is 32.3. The molecule has 0 aliphatic carbocycles. The van der Waals surface area contributed by atoms with E-state index in [0.717, 1.165) is 72.8 Å². The molecule has 0 bridgehead atoms. The van der Waals surface area contributed by atoms with Crippen molar-refractivity contribution < 1.29 is 124 Å². The lowest BCUT2D eigenvalue weighted by atomic mass is 9.85. The van der Waals surface area contributed by atoms with E-state index in [-0.39, 0.29) is 17.2 Å². The fraction of sp³-hybridized carbons (Fsp3) is 0.513. The molecule has 68 heavy (non-hydrogen) atoms. The Kier molecular flexibility index (Phi) is 15.4. The Balaban J connectivity index is 2.35. The summed E-state index contributed by atoms with van der Waals surface area (Å²) in [5.41, 5.74) is 0. The molecular formula is C39H33F23O5S. The van der Waals surface area contributed by atoms with E-state index >= 15 is 26.3 Å². The Morgan fingerprint density at radius 1 is 0.353 bits per heavy atom. The zero-order chi connectivity index (χ0) is 53.1. The average Bonchev–Trinajstić information content (AvgIpc) is 3.19. The number of benzene rings is 3. The van der Waals surface area contributed by atoms with Crippen molar-refractivity contribution >= 4 is 16.3 Å². The van der Waals surface area contributed by atoms with Crippen LogP contribution in [0, 0.1) is 0 Å². The molecule has 0 fully saturated rings. The van der Waals surface area contributed by atoms with E-state index in [1.165, 1.54) is 41.5 Å². The monoisotopic (exact) mass is 1050 g/mol. The molecule has 3 rings (SSSR count). The zero-order valence-corrected chi connectivity index (χ0v) is 35.6. The van der Waals surface area contributed by atoms with Crippen molar-refractivity contribution in [3.8, 4) is 17.2 Å². The molecule has 0 saturated carbocycles. The maximum Gasteiger partial charge on any atom is 0.460 e. The molecule has 0 aromatic heterocycles. The minimum atomic E-state index is -9.60. The van der Waals surface area contributed by atoms with E-state index in [1.54, 1.807) is 0 Å². The molecule has 0 spiro atoms. The molecule has 0 aliphatic rings. The van der Waals surface area contributed by atoms with Crippen molar-refractivity contribution in [3.63, 3.8) is 0 Å². The van der Waals surface area contributed by atoms with Gasteiger partial charge in [-0.1, -0.05) is 0 Å². The number of ether oxygens (including phenoxy) is 3. The van der Waals surface area contributed by atoms with Gasteiger partial charge in [0, 0.05) is 14.7 Å². The summed E-state index contributed by atoms with van der Waals surface area (Å²) in [6, 6.07) is 11.5. The minimum absolute atomic E-state index is 0.0534. The number of hydrogen-bond acceptors (Lipinski definition) is 5. The van der Waals surface area contributed by atoms with E-state index in [0.29, 0.717) is 0 Å². The Bertz CT molecular complexity index is 2080. The van der Waals surface area contributed by atoms with Gasteiger partial charge in [-0.2, -0.15) is 101 Å². The molecule has 0 aliphatic heterocycles. The van der Waals surface area contributed by atoms with Crippen LogP contribution in [0.1, 0.15) is 41.5 Å². The summed E-state index contributed by atoms with van der Waals surface area (Å²) in [7, 11) is -4.64. The second-order valence-electron chi connectivity index (χ2n) is 15.1. The fourth-order valence-corrected chi connectivity index (χ4v) is 8.54. The van der Waals surface area contributed by atoms with Crippen molar-refractivity contribution in [2.45, 2.75) is 140 Å². The molecule has 0 radical (unpaired) electrons. The molecule has 0 N–H and O–H groups in total. The first-order valence-corrected chi connectivity index (χ1v) is 20.1. The van der Waals surface area contributed by atoms with Gasteiger partial charge in [0.25, 0.3) is 0 Å². The lowest BCUT2D eigenvalue weighted by Gasteiger charge is -2.45. The van der Waals surface area contributed by atoms with E-state index in [1.807, 2.05) is 0 Å². The zero-order valence-electron chi connectivity index (χ0n) is 34.8. The first-order valence-electron chi connectivity index (χ1n) is 18.5. The van der Waals surface area contributed by atoms with Gasteiger partial charge >= 0.3 is 71.4 Å². The van der Waals surface area contributed by atoms with Gasteiger partial charge in [0.1, 0.15) is 17.2 Å². The number of carbonyl (C=O) groups excluding carboxylic acids is 1. The smallest absolute Gasteiger partial charge is 0.460 e. The van der Waals surface area contributed by atoms with Crippen molar-refractivity contribution in [1.29, 1.82) is 0 Å². The Morgan fingerprint density at radius 2 is 0.559 bits per heavy atom. The summed E-state index contributed by atoms with van der Waals surface area (Å²) < 4.78 is 349. The lowest BCUT2D eigenvalue weighted by molar-refractivity contribution is -0.477. The SMILES string of the molecule is CC(C)Oc1ccc(S(OC(=O)C(F)(F)C(F)(F)C(F)(F)C(F)(F)C(F)(F)C(F)(F)C(F)(F)C(F)(F)C(F)(F)C(F)(F)C(F)(F)F)(c2ccc(OC(C)C)cc2)c2ccc(OC(C)C)cc2)cc1. The molecule has 386 valence electrons. The van der Waals surface area contributed by atoms with Gasteiger partial charge in [-0.05, 0) is 125 Å². The van der Waals surface area contributed by atoms with Crippen LogP contribution in [0.4, 0.5) is 101 Å². The summed E-state index contributed by atoms with van der Waals surface area (Å²) in [6.07, 6.45) is -9.95. The predicted molar refractivity (Wildman–Crippen MR) is 191 cm³/mol. The highest BCUT2D eigenvalue weighted by molar-refractivity contribution is 8.30. The lowest BCUT2D eigenvalue weighted by Crippen LogP contribution is -2.78. The molecule has 3 aromatic carbocycles. The summed E-state index contributed by atoms with van der Waals surface area (Å²) >= 11 is 0. The topological polar surface area (TPSA) is 54.0 Å². The van der Waals surface area contributed by atoms with Crippen molar-refractivity contribution in [1.82, 2.24) is 0 Å². The van der Waals surface area contributed by atoms with Crippen molar-refractivity contribution in [3.05, 3.63) is 72.8 Å². The Hall–Kier alpha value is -4.73. The van der Waals surface area contributed by atoms with Crippen LogP contribution in [-0.2, 0) is 8.98 Å². The number of hydrogen-bond donors (Lipinski definition) is 0. The molecular weight excluding hydrogens is 1020 g/mol. The molecule has 0 heterocycles. The normalized spacial score (nSPS) is 14.9. The van der Waals surface area contributed by atoms with Crippen LogP contribution in [0.2, 0.25) is 0 Å². The van der Waals surface area contributed by atoms with Gasteiger partial charge in [0.2, 0.25) is 0 Å². The van der Waals surface area contributed by atoms with Crippen LogP contribution >= 0.6 is 10.3 Å². The largest absolute Gasteiger partial charge is 0.491 e. The van der Waals surface area contributed by atoms with E-state index in [2.05, 4.69) is 0 Å². The number of halogens is 23. The second kappa shape index (κ2) is 18.2. The summed E-state index contributed by atoms with van der Waals surface area (Å²) in [6.45, 7) is 9.03. The van der Waals surface area contributed by atoms with E-state index in [4.69, 9.17) is 18.4 Å². The molecule has 29 heteroatoms. The highest BCUT2D eigenvalue weighted by Gasteiger charge is 2.99. The fourth-order valence-electron chi connectivity index (χ4n) is 5.55. The molecule has 5 nitrogen and oxygen atoms in total. The standard InChI is InChI=1S/C39H33F23O5S/c1-19(2)64-22-7-13-25(14-8-22)68(26-15-9-23(10-16-26)65-20(3)4,27-17-11-24(12-18-27)66-21(5)6)67-28(63)29(40,41)30(42,43)31(44,45)32(46,47)33(48,49)34(50,51)35(52,53)36(54,55)37(56,57)38(58,59)39(60,61)62/h7-21H,1-6H3. The van der Waals surface area contributed by atoms with Crippen molar-refractivity contribution in [2.24, 2.45) is 0 Å². The van der Waals surface area contributed by atoms with Gasteiger partial charge in [0.05, 0.1) is 18.3 Å². The molecule has 3 aromatic rings. The van der Waals surface area contributed by atoms with Gasteiger partial charge in [-0.3, -0.25) is 0 Å². The molecule has 0 saturated heterocycles. The minimum Gasteiger partial charge on any atom is -0.491 e. The third kappa shape index (κ3) is 9.11. The number of carbonyl (C=O) groups is 1. The van der Waals surface area contributed by atoms with Crippen LogP contribution in [0.3, 0.4) is 0 Å². The van der Waals surface area contributed by atoms with Gasteiger partial charge in [-0.15, -0.1) is 0 Å². The summed E-state index contributed by atoms with van der Waals surface area (Å²) in [5.74, 6) is -95.3. The van der Waals surface area contributed by atoms with Crippen LogP contribution < -0.4 is 14.2 Å². The van der Waals surface area contributed by atoms with Gasteiger partial charge in [0.15, 0.2) is 0 Å². The summed E-state index contributed by atoms with van der Waals surface area (Å²) in [4.78, 5) is 11.6. The van der Waals surface area contributed by atoms with Crippen LogP contribution in [-0.4, -0.2) is 89.7 Å². The molecule has 0 unspecified atom stereocenters. The first kappa shape index (κ1) is 57.6. The Morgan fingerprint density at radius 3 is 0.765 bits per heavy atom. The van der Waals surface area contributed by atoms with Crippen LogP contribution in [0.5, 0.6) is 17.2 Å².